The lowest BCUT2D eigenvalue weighted by Crippen LogP contribution is -2.56. The molecule has 7 nitrogen and oxygen atoms in total. The molecule has 0 spiro atoms. The maximum atomic E-state index is 12.5. The Morgan fingerprint density at radius 2 is 1.86 bits per heavy atom. The minimum Gasteiger partial charge on any atom is -0.480 e. The van der Waals surface area contributed by atoms with Crippen LogP contribution in [0.15, 0.2) is 0 Å². The van der Waals surface area contributed by atoms with E-state index in [1.807, 2.05) is 0 Å². The molecule has 2 fully saturated rings. The van der Waals surface area contributed by atoms with Crippen molar-refractivity contribution in [2.45, 2.75) is 44.9 Å². The topological polar surface area (TPSA) is 84.3 Å². The maximum absolute atomic E-state index is 12.5. The number of aliphatic hydroxyl groups excluding tert-OH is 1. The number of carboxylic acid groups (broad SMARTS) is 1. The highest BCUT2D eigenvalue weighted by Crippen LogP contribution is 2.21. The number of carbonyl (C=O) groups is 2. The number of aliphatic carboxylic acids is 1. The van der Waals surface area contributed by atoms with E-state index in [2.05, 4.69) is 18.7 Å². The predicted octanol–water partition coefficient (Wildman–Crippen LogP) is 0.0423. The number of hydrogen-bond donors (Lipinski definition) is 2. The Hall–Kier alpha value is -1.34. The average molecular weight is 299 g/mol. The minimum absolute atomic E-state index is 0.112. The van der Waals surface area contributed by atoms with Gasteiger partial charge >= 0.3 is 12.0 Å². The Balaban J connectivity index is 1.94. The van der Waals surface area contributed by atoms with Crippen molar-refractivity contribution in [2.75, 3.05) is 32.7 Å². The number of nitrogens with zero attached hydrogens (tertiary/aromatic N) is 3. The van der Waals surface area contributed by atoms with Gasteiger partial charge in [0.05, 0.1) is 6.10 Å². The Bertz CT molecular complexity index is 396. The molecule has 7 heteroatoms. The van der Waals surface area contributed by atoms with Gasteiger partial charge in [0.2, 0.25) is 0 Å². The Kier molecular flexibility index (Phi) is 5.05. The SMILES string of the molecule is CCC(C)N1CCN(C(=O)N2CC(O)C[C@H]2C(=O)O)CC1. The van der Waals surface area contributed by atoms with Gasteiger partial charge in [0, 0.05) is 45.2 Å². The van der Waals surface area contributed by atoms with Crippen LogP contribution in [0.3, 0.4) is 0 Å². The largest absolute Gasteiger partial charge is 0.480 e. The second-order valence-electron chi connectivity index (χ2n) is 5.96. The molecule has 3 atom stereocenters. The maximum Gasteiger partial charge on any atom is 0.326 e. The van der Waals surface area contributed by atoms with Crippen molar-refractivity contribution in [3.8, 4) is 0 Å². The van der Waals surface area contributed by atoms with Crippen LogP contribution >= 0.6 is 0 Å². The number of urea groups is 1. The summed E-state index contributed by atoms with van der Waals surface area (Å²) in [6.07, 6.45) is 0.456. The van der Waals surface area contributed by atoms with Crippen LogP contribution in [0.1, 0.15) is 26.7 Å². The van der Waals surface area contributed by atoms with E-state index in [-0.39, 0.29) is 19.0 Å². The van der Waals surface area contributed by atoms with Crippen LogP contribution in [0.25, 0.3) is 0 Å². The van der Waals surface area contributed by atoms with E-state index < -0.39 is 18.1 Å². The molecule has 2 unspecified atom stereocenters. The highest BCUT2D eigenvalue weighted by atomic mass is 16.4. The van der Waals surface area contributed by atoms with Crippen LogP contribution in [0.5, 0.6) is 0 Å². The summed E-state index contributed by atoms with van der Waals surface area (Å²) in [5.41, 5.74) is 0. The normalized spacial score (nSPS) is 28.7. The lowest BCUT2D eigenvalue weighted by molar-refractivity contribution is -0.141. The van der Waals surface area contributed by atoms with Gasteiger partial charge in [0.25, 0.3) is 0 Å². The van der Waals surface area contributed by atoms with Gasteiger partial charge in [-0.2, -0.15) is 0 Å². The van der Waals surface area contributed by atoms with Crippen molar-refractivity contribution in [3.63, 3.8) is 0 Å². The summed E-state index contributed by atoms with van der Waals surface area (Å²) < 4.78 is 0. The first-order valence-electron chi connectivity index (χ1n) is 7.64. The molecule has 120 valence electrons. The molecular weight excluding hydrogens is 274 g/mol. The van der Waals surface area contributed by atoms with Crippen LogP contribution in [0.2, 0.25) is 0 Å². The average Bonchev–Trinajstić information content (AvgIpc) is 2.88. The van der Waals surface area contributed by atoms with E-state index in [0.29, 0.717) is 19.1 Å². The molecule has 2 rings (SSSR count). The van der Waals surface area contributed by atoms with Crippen molar-refractivity contribution < 1.29 is 19.8 Å². The van der Waals surface area contributed by atoms with E-state index in [9.17, 15) is 14.7 Å². The van der Waals surface area contributed by atoms with Crippen molar-refractivity contribution >= 4 is 12.0 Å². The van der Waals surface area contributed by atoms with Crippen molar-refractivity contribution in [2.24, 2.45) is 0 Å². The number of carbonyl (C=O) groups excluding carboxylic acids is 1. The molecule has 21 heavy (non-hydrogen) atoms. The summed E-state index contributed by atoms with van der Waals surface area (Å²) in [6.45, 7) is 7.29. The van der Waals surface area contributed by atoms with Crippen molar-refractivity contribution in [3.05, 3.63) is 0 Å². The van der Waals surface area contributed by atoms with Crippen LogP contribution < -0.4 is 0 Å². The number of hydrogen-bond acceptors (Lipinski definition) is 4. The molecule has 0 aromatic heterocycles. The van der Waals surface area contributed by atoms with Gasteiger partial charge in [-0.15, -0.1) is 0 Å². The molecule has 2 amide bonds. The van der Waals surface area contributed by atoms with Gasteiger partial charge in [-0.1, -0.05) is 6.92 Å². The molecule has 2 aliphatic heterocycles. The third-order valence-corrected chi connectivity index (χ3v) is 4.61. The lowest BCUT2D eigenvalue weighted by Gasteiger charge is -2.39. The second kappa shape index (κ2) is 6.62. The fourth-order valence-corrected chi connectivity index (χ4v) is 3.05. The van der Waals surface area contributed by atoms with Crippen LogP contribution in [-0.2, 0) is 4.79 Å². The molecule has 0 bridgehead atoms. The zero-order valence-corrected chi connectivity index (χ0v) is 12.7. The van der Waals surface area contributed by atoms with Crippen LogP contribution in [0, 0.1) is 0 Å². The number of amides is 2. The summed E-state index contributed by atoms with van der Waals surface area (Å²) in [5.74, 6) is -1.04. The molecular formula is C14H25N3O4. The van der Waals surface area contributed by atoms with Gasteiger partial charge in [0.1, 0.15) is 6.04 Å². The Morgan fingerprint density at radius 1 is 1.24 bits per heavy atom. The van der Waals surface area contributed by atoms with E-state index in [1.165, 1.54) is 4.90 Å². The minimum atomic E-state index is -1.04. The third-order valence-electron chi connectivity index (χ3n) is 4.61. The third kappa shape index (κ3) is 3.47. The number of carboxylic acids is 1. The first kappa shape index (κ1) is 16.0. The molecule has 2 heterocycles. The number of aliphatic hydroxyl groups is 1. The highest BCUT2D eigenvalue weighted by molar-refractivity contribution is 5.83. The molecule has 2 saturated heterocycles. The molecule has 0 aliphatic carbocycles. The van der Waals surface area contributed by atoms with Crippen LogP contribution in [-0.4, -0.2) is 87.8 Å². The number of β-amino-alcohol motifs (C(OH)–C–C–N with tert-alkyl or cyclic N) is 1. The van der Waals surface area contributed by atoms with Gasteiger partial charge in [0.15, 0.2) is 0 Å². The van der Waals surface area contributed by atoms with Crippen molar-refractivity contribution in [1.29, 1.82) is 0 Å². The lowest BCUT2D eigenvalue weighted by atomic mass is 10.2. The van der Waals surface area contributed by atoms with E-state index >= 15 is 0 Å². The standard InChI is InChI=1S/C14H25N3O4/c1-3-10(2)15-4-6-16(7-5-15)14(21)17-9-11(18)8-12(17)13(19)20/h10-12,18H,3-9H2,1-2H3,(H,19,20)/t10?,11?,12-/m0/s1. The smallest absolute Gasteiger partial charge is 0.326 e. The first-order valence-corrected chi connectivity index (χ1v) is 7.64. The van der Waals surface area contributed by atoms with Gasteiger partial charge in [-0.3, -0.25) is 4.90 Å². The molecule has 0 radical (unpaired) electrons. The molecule has 2 aliphatic rings. The highest BCUT2D eigenvalue weighted by Gasteiger charge is 2.41. The summed E-state index contributed by atoms with van der Waals surface area (Å²) in [5, 5.41) is 18.8. The second-order valence-corrected chi connectivity index (χ2v) is 5.96. The van der Waals surface area contributed by atoms with E-state index in [4.69, 9.17) is 5.11 Å². The summed E-state index contributed by atoms with van der Waals surface area (Å²) in [7, 11) is 0. The molecule has 0 aromatic carbocycles. The monoisotopic (exact) mass is 299 g/mol. The fraction of sp³-hybridized carbons (Fsp3) is 0.857. The summed E-state index contributed by atoms with van der Waals surface area (Å²) in [6, 6.07) is -0.662. The quantitative estimate of drug-likeness (QED) is 0.769. The fourth-order valence-electron chi connectivity index (χ4n) is 3.05. The van der Waals surface area contributed by atoms with Gasteiger partial charge in [-0.05, 0) is 13.3 Å². The predicted molar refractivity (Wildman–Crippen MR) is 77.0 cm³/mol. The van der Waals surface area contributed by atoms with Gasteiger partial charge < -0.3 is 20.0 Å². The Morgan fingerprint density at radius 3 is 2.38 bits per heavy atom. The van der Waals surface area contributed by atoms with Crippen LogP contribution in [0.4, 0.5) is 4.79 Å². The number of piperazine rings is 1. The number of likely N-dealkylation sites (tertiary alicyclic amines) is 1. The van der Waals surface area contributed by atoms with Crippen molar-refractivity contribution in [1.82, 2.24) is 14.7 Å². The first-order chi connectivity index (χ1) is 9.93. The zero-order chi connectivity index (χ0) is 15.6. The molecule has 0 saturated carbocycles. The van der Waals surface area contributed by atoms with E-state index in [0.717, 1.165) is 19.5 Å². The summed E-state index contributed by atoms with van der Waals surface area (Å²) in [4.78, 5) is 29.0. The van der Waals surface area contributed by atoms with Gasteiger partial charge in [-0.25, -0.2) is 9.59 Å². The molecule has 2 N–H and O–H groups in total. The number of rotatable bonds is 3. The van der Waals surface area contributed by atoms with E-state index in [1.54, 1.807) is 4.90 Å². The zero-order valence-electron chi connectivity index (χ0n) is 12.7. The summed E-state index contributed by atoms with van der Waals surface area (Å²) >= 11 is 0. The Labute approximate surface area is 125 Å². The molecule has 0 aromatic rings.